The van der Waals surface area contributed by atoms with Gasteiger partial charge in [0, 0.05) is 36.5 Å². The number of ketones is 1. The van der Waals surface area contributed by atoms with Crippen molar-refractivity contribution in [1.82, 2.24) is 0 Å². The molecule has 0 N–H and O–H groups in total. The van der Waals surface area contributed by atoms with Gasteiger partial charge in [0.25, 0.3) is 0 Å². The van der Waals surface area contributed by atoms with Crippen molar-refractivity contribution in [3.8, 4) is 5.75 Å². The highest BCUT2D eigenvalue weighted by Gasteiger charge is 2.21. The topological polar surface area (TPSA) is 29.5 Å². The summed E-state index contributed by atoms with van der Waals surface area (Å²) < 4.78 is 29.8. The van der Waals surface area contributed by atoms with Gasteiger partial charge in [0.05, 0.1) is 0 Å². The summed E-state index contributed by atoms with van der Waals surface area (Å²) >= 11 is 0. The molecule has 0 bridgehead atoms. The normalized spacial score (nSPS) is 17.4. The highest BCUT2D eigenvalue weighted by atomic mass is 19.3. The van der Waals surface area contributed by atoms with Crippen LogP contribution in [0.1, 0.15) is 30.4 Å². The molecular formula is C23H23F2NO2. The average Bonchev–Trinajstić information content (AvgIpc) is 2.66. The largest absolute Gasteiger partial charge is 0.434 e. The Morgan fingerprint density at radius 1 is 0.964 bits per heavy atom. The van der Waals surface area contributed by atoms with Crippen LogP contribution in [0.5, 0.6) is 5.75 Å². The van der Waals surface area contributed by atoms with Crippen molar-refractivity contribution >= 4 is 23.6 Å². The monoisotopic (exact) mass is 383 g/mol. The number of hydrogen-bond donors (Lipinski definition) is 0. The fourth-order valence-corrected chi connectivity index (χ4v) is 3.24. The van der Waals surface area contributed by atoms with E-state index in [4.69, 9.17) is 0 Å². The van der Waals surface area contributed by atoms with E-state index < -0.39 is 6.61 Å². The molecular weight excluding hydrogens is 360 g/mol. The quantitative estimate of drug-likeness (QED) is 0.632. The number of Topliss-reactive ketones (excluding diaryl/α,β-unsaturated/α-hetero) is 1. The SMILES string of the molecule is CN(C)c1ccc(/C=C2\CCC/C(=C\c3ccccc3OC(F)F)C2=O)cc1. The molecule has 0 amide bonds. The van der Waals surface area contributed by atoms with Crippen LogP contribution >= 0.6 is 0 Å². The second-order valence-corrected chi connectivity index (χ2v) is 6.92. The second-order valence-electron chi connectivity index (χ2n) is 6.92. The second kappa shape index (κ2) is 8.83. The zero-order valence-electron chi connectivity index (χ0n) is 16.0. The number of rotatable bonds is 5. The van der Waals surface area contributed by atoms with E-state index >= 15 is 0 Å². The van der Waals surface area contributed by atoms with Gasteiger partial charge in [-0.05, 0) is 55.2 Å². The maximum atomic E-state index is 12.9. The first-order chi connectivity index (χ1) is 13.4. The van der Waals surface area contributed by atoms with Crippen LogP contribution in [0, 0.1) is 0 Å². The molecule has 2 aromatic carbocycles. The maximum Gasteiger partial charge on any atom is 0.387 e. The van der Waals surface area contributed by atoms with Crippen LogP contribution in [0.2, 0.25) is 0 Å². The van der Waals surface area contributed by atoms with Gasteiger partial charge in [-0.25, -0.2) is 0 Å². The number of hydrogen-bond acceptors (Lipinski definition) is 3. The van der Waals surface area contributed by atoms with Crippen molar-refractivity contribution in [2.75, 3.05) is 19.0 Å². The molecule has 1 aliphatic rings. The minimum Gasteiger partial charge on any atom is -0.434 e. The van der Waals surface area contributed by atoms with Gasteiger partial charge in [-0.15, -0.1) is 0 Å². The fraction of sp³-hybridized carbons (Fsp3) is 0.261. The molecule has 5 heteroatoms. The number of anilines is 1. The Morgan fingerprint density at radius 3 is 2.25 bits per heavy atom. The lowest BCUT2D eigenvalue weighted by molar-refractivity contribution is -0.112. The van der Waals surface area contributed by atoms with E-state index in [1.165, 1.54) is 6.07 Å². The van der Waals surface area contributed by atoms with Gasteiger partial charge in [-0.1, -0.05) is 30.3 Å². The summed E-state index contributed by atoms with van der Waals surface area (Å²) in [6.45, 7) is -2.90. The standard InChI is InChI=1S/C23H23F2NO2/c1-26(2)20-12-10-16(11-13-20)14-18-7-5-8-19(22(18)27)15-17-6-3-4-9-21(17)28-23(24)25/h3-4,6,9-15,23H,5,7-8H2,1-2H3/b18-14+,19-15+. The van der Waals surface area contributed by atoms with Crippen molar-refractivity contribution in [3.63, 3.8) is 0 Å². The maximum absolute atomic E-state index is 12.9. The highest BCUT2D eigenvalue weighted by Crippen LogP contribution is 2.30. The average molecular weight is 383 g/mol. The first kappa shape index (κ1) is 19.8. The van der Waals surface area contributed by atoms with Gasteiger partial charge in [0.2, 0.25) is 0 Å². The minimum absolute atomic E-state index is 0.0326. The first-order valence-corrected chi connectivity index (χ1v) is 9.21. The van der Waals surface area contributed by atoms with Crippen LogP contribution in [0.3, 0.4) is 0 Å². The lowest BCUT2D eigenvalue weighted by atomic mass is 9.86. The molecule has 1 fully saturated rings. The molecule has 3 rings (SSSR count). The summed E-state index contributed by atoms with van der Waals surface area (Å²) in [6.07, 6.45) is 5.76. The van der Waals surface area contributed by atoms with E-state index in [1.54, 1.807) is 24.3 Å². The third-order valence-corrected chi connectivity index (χ3v) is 4.69. The van der Waals surface area contributed by atoms with Gasteiger partial charge in [0.15, 0.2) is 5.78 Å². The zero-order chi connectivity index (χ0) is 20.1. The van der Waals surface area contributed by atoms with Gasteiger partial charge >= 0.3 is 6.61 Å². The summed E-state index contributed by atoms with van der Waals surface area (Å²) in [5, 5.41) is 0. The number of allylic oxidation sites excluding steroid dienone is 2. The molecule has 28 heavy (non-hydrogen) atoms. The van der Waals surface area contributed by atoms with Gasteiger partial charge in [-0.2, -0.15) is 8.78 Å². The molecule has 1 aliphatic carbocycles. The van der Waals surface area contributed by atoms with Crippen molar-refractivity contribution in [2.45, 2.75) is 25.9 Å². The van der Waals surface area contributed by atoms with Crippen LogP contribution in [0.4, 0.5) is 14.5 Å². The van der Waals surface area contributed by atoms with Crippen LogP contribution < -0.4 is 9.64 Å². The molecule has 146 valence electrons. The lowest BCUT2D eigenvalue weighted by Crippen LogP contribution is -2.12. The molecule has 0 unspecified atom stereocenters. The first-order valence-electron chi connectivity index (χ1n) is 9.21. The molecule has 1 saturated carbocycles. The number of ether oxygens (including phenoxy) is 1. The van der Waals surface area contributed by atoms with E-state index in [0.717, 1.165) is 23.2 Å². The van der Waals surface area contributed by atoms with Crippen molar-refractivity contribution in [1.29, 1.82) is 0 Å². The third-order valence-electron chi connectivity index (χ3n) is 4.69. The Hall–Kier alpha value is -2.95. The zero-order valence-corrected chi connectivity index (χ0v) is 16.0. The van der Waals surface area contributed by atoms with Crippen LogP contribution in [0.25, 0.3) is 12.2 Å². The van der Waals surface area contributed by atoms with Crippen LogP contribution in [-0.2, 0) is 4.79 Å². The summed E-state index contributed by atoms with van der Waals surface area (Å²) in [5.74, 6) is 0.0444. The Morgan fingerprint density at radius 2 is 1.61 bits per heavy atom. The summed E-state index contributed by atoms with van der Waals surface area (Å²) in [7, 11) is 3.95. The molecule has 0 aromatic heterocycles. The highest BCUT2D eigenvalue weighted by molar-refractivity contribution is 6.14. The number of carbonyl (C=O) groups excluding carboxylic acids is 1. The molecule has 0 heterocycles. The molecule has 2 aromatic rings. The van der Waals surface area contributed by atoms with Crippen LogP contribution in [-0.4, -0.2) is 26.5 Å². The van der Waals surface area contributed by atoms with Crippen molar-refractivity contribution in [2.24, 2.45) is 0 Å². The van der Waals surface area contributed by atoms with E-state index in [-0.39, 0.29) is 11.5 Å². The number of benzene rings is 2. The van der Waals surface area contributed by atoms with Crippen LogP contribution in [0.15, 0.2) is 59.7 Å². The van der Waals surface area contributed by atoms with E-state index in [2.05, 4.69) is 4.74 Å². The third kappa shape index (κ3) is 4.85. The molecule has 0 aliphatic heterocycles. The van der Waals surface area contributed by atoms with Gasteiger partial charge < -0.3 is 9.64 Å². The van der Waals surface area contributed by atoms with Crippen molar-refractivity contribution in [3.05, 3.63) is 70.8 Å². The number of nitrogens with zero attached hydrogens (tertiary/aromatic N) is 1. The van der Waals surface area contributed by atoms with E-state index in [9.17, 15) is 13.6 Å². The molecule has 0 saturated heterocycles. The van der Waals surface area contributed by atoms with Gasteiger partial charge in [0.1, 0.15) is 5.75 Å². The smallest absolute Gasteiger partial charge is 0.387 e. The number of carbonyl (C=O) groups is 1. The lowest BCUT2D eigenvalue weighted by Gasteiger charge is -2.17. The Bertz CT molecular complexity index is 899. The molecule has 0 spiro atoms. The Balaban J connectivity index is 1.85. The molecule has 0 radical (unpaired) electrons. The van der Waals surface area contributed by atoms with E-state index in [1.807, 2.05) is 49.3 Å². The van der Waals surface area contributed by atoms with Crippen molar-refractivity contribution < 1.29 is 18.3 Å². The summed E-state index contributed by atoms with van der Waals surface area (Å²) in [4.78, 5) is 14.9. The Labute approximate surface area is 163 Å². The fourth-order valence-electron chi connectivity index (χ4n) is 3.24. The summed E-state index contributed by atoms with van der Waals surface area (Å²) in [6, 6.07) is 14.5. The van der Waals surface area contributed by atoms with Gasteiger partial charge in [-0.3, -0.25) is 4.79 Å². The number of alkyl halides is 2. The minimum atomic E-state index is -2.90. The number of halogens is 2. The van der Waals surface area contributed by atoms with E-state index in [0.29, 0.717) is 24.0 Å². The predicted molar refractivity (Wildman–Crippen MR) is 109 cm³/mol. The number of para-hydroxylation sites is 1. The predicted octanol–water partition coefficient (Wildman–Crippen LogP) is 5.57. The molecule has 0 atom stereocenters. The Kier molecular flexibility index (Phi) is 6.24. The summed E-state index contributed by atoms with van der Waals surface area (Å²) in [5.41, 5.74) is 3.91. The molecule has 3 nitrogen and oxygen atoms in total.